The number of aryl methyl sites for hydroxylation is 2. The monoisotopic (exact) mass is 921 g/mol. The molecule has 2 saturated heterocycles. The van der Waals surface area contributed by atoms with Crippen LogP contribution in [-0.4, -0.2) is 106 Å². The number of primary sulfonamides is 2. The molecule has 0 saturated carbocycles. The fourth-order valence-corrected chi connectivity index (χ4v) is 8.16. The zero-order valence-corrected chi connectivity index (χ0v) is 38.2. The molecule has 18 nitrogen and oxygen atoms in total. The van der Waals surface area contributed by atoms with Crippen LogP contribution in [0.4, 0.5) is 52.0 Å². The van der Waals surface area contributed by atoms with Gasteiger partial charge in [-0.15, -0.1) is 0 Å². The summed E-state index contributed by atoms with van der Waals surface area (Å²) in [5.74, 6) is 2.80. The summed E-state index contributed by atoms with van der Waals surface area (Å²) >= 11 is 0. The molecule has 2 aliphatic rings. The second-order valence-electron chi connectivity index (χ2n) is 15.9. The van der Waals surface area contributed by atoms with Crippen molar-refractivity contribution < 1.29 is 21.6 Å². The molecule has 2 fully saturated rings. The van der Waals surface area contributed by atoms with Crippen molar-refractivity contribution in [2.24, 2.45) is 10.3 Å². The molecule has 0 radical (unpaired) electrons. The van der Waals surface area contributed by atoms with Gasteiger partial charge in [0.2, 0.25) is 31.9 Å². The normalized spacial score (nSPS) is 14.6. The number of nitrogens with two attached hydrogens (primary N) is 2. The number of benzene rings is 4. The van der Waals surface area contributed by atoms with Crippen LogP contribution in [0.1, 0.15) is 24.0 Å². The van der Waals surface area contributed by atoms with Crippen LogP contribution in [0.15, 0.2) is 119 Å². The highest BCUT2D eigenvalue weighted by Crippen LogP contribution is 2.26. The van der Waals surface area contributed by atoms with Crippen molar-refractivity contribution >= 4 is 72.0 Å². The lowest BCUT2D eigenvalue weighted by Crippen LogP contribution is -2.44. The van der Waals surface area contributed by atoms with Crippen molar-refractivity contribution in [2.75, 3.05) is 85.6 Å². The molecule has 6 aromatic rings. The van der Waals surface area contributed by atoms with Gasteiger partial charge in [0.25, 0.3) is 0 Å². The molecule has 2 aromatic heterocycles. The Bertz CT molecular complexity index is 2770. The first-order valence-electron chi connectivity index (χ1n) is 21.1. The van der Waals surface area contributed by atoms with Crippen molar-refractivity contribution in [3.63, 3.8) is 0 Å². The van der Waals surface area contributed by atoms with E-state index in [9.17, 15) is 16.8 Å². The van der Waals surface area contributed by atoms with E-state index < -0.39 is 20.0 Å². The van der Waals surface area contributed by atoms with E-state index in [0.29, 0.717) is 41.5 Å². The zero-order chi connectivity index (χ0) is 46.0. The number of hydrogen-bond donors (Lipinski definition) is 6. The number of nitrogens with one attached hydrogen (secondary N) is 4. The topological polar surface area (TPSA) is 239 Å². The van der Waals surface area contributed by atoms with E-state index in [1.54, 1.807) is 36.7 Å². The first-order valence-corrected chi connectivity index (χ1v) is 24.2. The first kappa shape index (κ1) is 46.6. The number of ether oxygens (including phenoxy) is 1. The van der Waals surface area contributed by atoms with Crippen molar-refractivity contribution in [1.82, 2.24) is 29.7 Å². The molecule has 0 aliphatic carbocycles. The predicted octanol–water partition coefficient (Wildman–Crippen LogP) is 6.07. The minimum absolute atomic E-state index is 0.0281. The molecule has 65 heavy (non-hydrogen) atoms. The number of likely N-dealkylation sites (tertiary alicyclic amines) is 1. The molecule has 342 valence electrons. The summed E-state index contributed by atoms with van der Waals surface area (Å²) < 4.78 is 52.3. The van der Waals surface area contributed by atoms with E-state index in [2.05, 4.69) is 75.1 Å². The molecule has 4 heterocycles. The third-order valence-electron chi connectivity index (χ3n) is 10.8. The van der Waals surface area contributed by atoms with Crippen LogP contribution in [-0.2, 0) is 20.0 Å². The minimum atomic E-state index is -3.79. The van der Waals surface area contributed by atoms with Crippen LogP contribution in [0, 0.1) is 13.8 Å². The van der Waals surface area contributed by atoms with E-state index in [4.69, 9.17) is 15.0 Å². The van der Waals surface area contributed by atoms with Crippen LogP contribution < -0.4 is 41.2 Å². The van der Waals surface area contributed by atoms with Crippen LogP contribution in [0.3, 0.4) is 0 Å². The molecule has 0 atom stereocenters. The molecule has 4 aromatic carbocycles. The molecule has 0 amide bonds. The number of anilines is 9. The van der Waals surface area contributed by atoms with Crippen LogP contribution >= 0.6 is 0 Å². The minimum Gasteiger partial charge on any atom is -0.492 e. The Morgan fingerprint density at radius 1 is 0.600 bits per heavy atom. The van der Waals surface area contributed by atoms with Gasteiger partial charge in [-0.05, 0) is 132 Å². The maximum atomic E-state index is 11.6. The van der Waals surface area contributed by atoms with Crippen LogP contribution in [0.25, 0.3) is 0 Å². The summed E-state index contributed by atoms with van der Waals surface area (Å²) in [6.45, 7) is 11.9. The summed E-state index contributed by atoms with van der Waals surface area (Å²) in [7, 11) is -5.43. The Morgan fingerprint density at radius 2 is 1.08 bits per heavy atom. The van der Waals surface area contributed by atoms with Gasteiger partial charge in [-0.25, -0.2) is 37.1 Å². The molecule has 0 bridgehead atoms. The van der Waals surface area contributed by atoms with Crippen molar-refractivity contribution in [3.05, 3.63) is 121 Å². The van der Waals surface area contributed by atoms with E-state index in [1.807, 2.05) is 50.2 Å². The van der Waals surface area contributed by atoms with E-state index in [1.165, 1.54) is 42.8 Å². The average molecular weight is 922 g/mol. The summed E-state index contributed by atoms with van der Waals surface area (Å²) in [4.78, 5) is 25.0. The van der Waals surface area contributed by atoms with E-state index in [-0.39, 0.29) is 9.79 Å². The highest BCUT2D eigenvalue weighted by atomic mass is 32.2. The van der Waals surface area contributed by atoms with Gasteiger partial charge in [-0.3, -0.25) is 4.90 Å². The highest BCUT2D eigenvalue weighted by molar-refractivity contribution is 7.89. The van der Waals surface area contributed by atoms with Gasteiger partial charge in [0, 0.05) is 84.7 Å². The Morgan fingerprint density at radius 3 is 1.55 bits per heavy atom. The number of likely N-dealkylation sites (N-methyl/N-ethyl adjacent to an activating group) is 1. The van der Waals surface area contributed by atoms with Gasteiger partial charge < -0.3 is 35.8 Å². The lowest BCUT2D eigenvalue weighted by molar-refractivity contribution is 0.238. The van der Waals surface area contributed by atoms with Crippen molar-refractivity contribution in [2.45, 2.75) is 36.5 Å². The number of hydrogen-bond acceptors (Lipinski definition) is 16. The van der Waals surface area contributed by atoms with Gasteiger partial charge in [-0.2, -0.15) is 9.97 Å². The number of aromatic nitrogens is 4. The SMILES string of the molecule is Cc1cnc(Nc2ccc(N3CCN(C)CC3)cc2)nc1Nc1cccc(S(N)(=O)=O)c1.Cc1cnc(Nc2ccc(OCCN3CCCC3)cc2)nc1Nc1cccc(S(N)(=O)=O)c1. The fourth-order valence-electron chi connectivity index (χ4n) is 7.04. The van der Waals surface area contributed by atoms with E-state index in [0.717, 1.165) is 74.1 Å². The average Bonchev–Trinajstić information content (AvgIpc) is 3.81. The predicted molar refractivity (Wildman–Crippen MR) is 256 cm³/mol. The maximum Gasteiger partial charge on any atom is 0.238 e. The fraction of sp³-hybridized carbons (Fsp3) is 0.289. The van der Waals surface area contributed by atoms with E-state index >= 15 is 0 Å². The van der Waals surface area contributed by atoms with Crippen LogP contribution in [0.2, 0.25) is 0 Å². The van der Waals surface area contributed by atoms with Gasteiger partial charge in [-0.1, -0.05) is 12.1 Å². The smallest absolute Gasteiger partial charge is 0.238 e. The van der Waals surface area contributed by atoms with Gasteiger partial charge in [0.15, 0.2) is 0 Å². The molecular formula is C45H55N13O5S2. The quantitative estimate of drug-likeness (QED) is 0.0686. The Hall–Kier alpha value is -6.42. The van der Waals surface area contributed by atoms with Gasteiger partial charge in [0.05, 0.1) is 9.79 Å². The molecule has 2 aliphatic heterocycles. The Balaban J connectivity index is 0.000000194. The largest absolute Gasteiger partial charge is 0.492 e. The lowest BCUT2D eigenvalue weighted by atomic mass is 10.2. The summed E-state index contributed by atoms with van der Waals surface area (Å²) in [5.41, 5.74) is 5.67. The zero-order valence-electron chi connectivity index (χ0n) is 36.6. The Labute approximate surface area is 380 Å². The number of rotatable bonds is 15. The highest BCUT2D eigenvalue weighted by Gasteiger charge is 2.16. The van der Waals surface area contributed by atoms with Gasteiger partial charge in [0.1, 0.15) is 24.0 Å². The summed E-state index contributed by atoms with van der Waals surface area (Å²) in [5, 5.41) is 23.1. The first-order chi connectivity index (χ1) is 31.1. The summed E-state index contributed by atoms with van der Waals surface area (Å²) in [6.07, 6.45) is 5.96. The third-order valence-corrected chi connectivity index (χ3v) is 12.6. The maximum absolute atomic E-state index is 11.6. The molecule has 20 heteroatoms. The molecule has 0 unspecified atom stereocenters. The molecule has 8 rings (SSSR count). The van der Waals surface area contributed by atoms with Crippen molar-refractivity contribution in [1.29, 1.82) is 0 Å². The third kappa shape index (κ3) is 13.5. The molecule has 8 N–H and O–H groups in total. The molecular weight excluding hydrogens is 867 g/mol. The van der Waals surface area contributed by atoms with Gasteiger partial charge >= 0.3 is 0 Å². The standard InChI is InChI=1S/C23H28N6O3S.C22H27N7O2S/c1-17-16-25-23(28-22(17)26-19-5-4-6-21(15-19)33(24,30)31)27-18-7-9-20(10-8-18)32-14-13-29-11-2-3-12-29;1-16-15-24-22(27-21(16)25-18-4-3-5-20(14-18)32(23,30)31)26-17-6-8-19(9-7-17)29-12-10-28(2)11-13-29/h4-10,15-16H,2-3,11-14H2,1H3,(H2,24,30,31)(H2,25,26,27,28);3-9,14-15H,10-13H2,1-2H3,(H2,23,30,31)(H2,24,25,26,27). The number of piperazine rings is 1. The summed E-state index contributed by atoms with van der Waals surface area (Å²) in [6, 6.07) is 28.4. The second kappa shape index (κ2) is 21.0. The number of nitrogens with zero attached hydrogens (tertiary/aromatic N) is 7. The number of sulfonamides is 2. The Kier molecular flexibility index (Phi) is 15.1. The van der Waals surface area contributed by atoms with Crippen LogP contribution in [0.5, 0.6) is 5.75 Å². The lowest BCUT2D eigenvalue weighted by Gasteiger charge is -2.34. The molecule has 0 spiro atoms. The van der Waals surface area contributed by atoms with Crippen molar-refractivity contribution in [3.8, 4) is 5.75 Å². The second-order valence-corrected chi connectivity index (χ2v) is 19.0.